The molecule has 1 aromatic rings. The zero-order valence-electron chi connectivity index (χ0n) is 11.8. The third-order valence-corrected chi connectivity index (χ3v) is 6.27. The molecule has 1 aliphatic carbocycles. The van der Waals surface area contributed by atoms with Gasteiger partial charge >= 0.3 is 10.1 Å². The van der Waals surface area contributed by atoms with Crippen molar-refractivity contribution < 1.29 is 12.6 Å². The molecule has 0 bridgehead atoms. The van der Waals surface area contributed by atoms with E-state index in [9.17, 15) is 8.42 Å². The Morgan fingerprint density at radius 1 is 1.19 bits per heavy atom. The molecule has 2 atom stereocenters. The summed E-state index contributed by atoms with van der Waals surface area (Å²) in [4.78, 5) is 1.94. The summed E-state index contributed by atoms with van der Waals surface area (Å²) in [6.07, 6.45) is 3.53. The smallest absolute Gasteiger partial charge is 0.328 e. The van der Waals surface area contributed by atoms with Crippen LogP contribution in [-0.2, 0) is 14.3 Å². The van der Waals surface area contributed by atoms with Gasteiger partial charge < -0.3 is 9.08 Å². The van der Waals surface area contributed by atoms with Crippen molar-refractivity contribution in [3.8, 4) is 0 Å². The van der Waals surface area contributed by atoms with Crippen molar-refractivity contribution in [2.75, 3.05) is 11.9 Å². The van der Waals surface area contributed by atoms with Gasteiger partial charge in [-0.1, -0.05) is 29.8 Å². The van der Waals surface area contributed by atoms with Crippen molar-refractivity contribution in [3.63, 3.8) is 0 Å². The molecule has 2 aliphatic rings. The van der Waals surface area contributed by atoms with E-state index in [2.05, 4.69) is 0 Å². The quantitative estimate of drug-likeness (QED) is 0.618. The summed E-state index contributed by atoms with van der Waals surface area (Å²) in [6.45, 7) is 0. The number of rotatable bonds is 2. The van der Waals surface area contributed by atoms with Crippen molar-refractivity contribution in [3.05, 3.63) is 41.7 Å². The Bertz CT molecular complexity index is 657. The zero-order chi connectivity index (χ0) is 15.0. The van der Waals surface area contributed by atoms with Gasteiger partial charge in [-0.15, -0.1) is 0 Å². The largest absolute Gasteiger partial charge is 0.386 e. The fraction of sp³-hybridized carbons (Fsp3) is 0.467. The van der Waals surface area contributed by atoms with Crippen molar-refractivity contribution in [2.45, 2.75) is 36.4 Å². The first kappa shape index (κ1) is 14.7. The minimum absolute atomic E-state index is 0.372. The van der Waals surface area contributed by atoms with Crippen LogP contribution in [-0.4, -0.2) is 26.2 Å². The van der Waals surface area contributed by atoms with Crippen molar-refractivity contribution in [1.82, 2.24) is 0 Å². The van der Waals surface area contributed by atoms with Crippen LogP contribution in [0.3, 0.4) is 0 Å². The Morgan fingerprint density at radius 3 is 2.57 bits per heavy atom. The lowest BCUT2D eigenvalue weighted by atomic mass is 9.92. The number of alkyl halides is 1. The average Bonchev–Trinajstić information content (AvgIpc) is 2.48. The second-order valence-corrected chi connectivity index (χ2v) is 7.86. The maximum absolute atomic E-state index is 12.2. The van der Waals surface area contributed by atoms with Crippen molar-refractivity contribution in [1.29, 1.82) is 0 Å². The monoisotopic (exact) mass is 327 g/mol. The molecule has 1 aliphatic heterocycles. The van der Waals surface area contributed by atoms with Crippen LogP contribution in [0.15, 0.2) is 41.7 Å². The van der Waals surface area contributed by atoms with E-state index >= 15 is 0 Å². The molecule has 6 heteroatoms. The minimum Gasteiger partial charge on any atom is -0.386 e. The highest BCUT2D eigenvalue weighted by Crippen LogP contribution is 2.40. The second kappa shape index (κ2) is 5.54. The molecule has 3 rings (SSSR count). The molecule has 1 aromatic carbocycles. The number of anilines is 1. The highest BCUT2D eigenvalue weighted by atomic mass is 35.5. The van der Waals surface area contributed by atoms with Gasteiger partial charge in [0.25, 0.3) is 0 Å². The Labute approximate surface area is 130 Å². The lowest BCUT2D eigenvalue weighted by molar-refractivity contribution is 0.340. The number of nitrogens with zero attached hydrogens (tertiary/aromatic N) is 1. The number of benzene rings is 1. The number of likely N-dealkylation sites (N-methyl/N-ethyl adjacent to an activating group) is 1. The van der Waals surface area contributed by atoms with Crippen LogP contribution in [0.25, 0.3) is 0 Å². The SMILES string of the molecule is CN(c1ccccc1)C1C2=C(CCCC2)OS(=O)(=O)C1Cl. The number of hydrogen-bond donors (Lipinski definition) is 0. The highest BCUT2D eigenvalue weighted by Gasteiger charge is 2.45. The van der Waals surface area contributed by atoms with Crippen LogP contribution in [0.1, 0.15) is 25.7 Å². The summed E-state index contributed by atoms with van der Waals surface area (Å²) in [5.74, 6) is 0.603. The average molecular weight is 328 g/mol. The van der Waals surface area contributed by atoms with Crippen LogP contribution in [0.5, 0.6) is 0 Å². The maximum Gasteiger partial charge on any atom is 0.328 e. The predicted molar refractivity (Wildman–Crippen MR) is 83.8 cm³/mol. The lowest BCUT2D eigenvalue weighted by Crippen LogP contribution is -2.48. The van der Waals surface area contributed by atoms with E-state index in [1.807, 2.05) is 42.3 Å². The molecule has 0 N–H and O–H groups in total. The molecular formula is C15H18ClNO3S. The Balaban J connectivity index is 2.05. The molecule has 21 heavy (non-hydrogen) atoms. The molecule has 114 valence electrons. The van der Waals surface area contributed by atoms with E-state index in [1.165, 1.54) is 0 Å². The Morgan fingerprint density at radius 2 is 1.86 bits per heavy atom. The standard InChI is InChI=1S/C15H18ClNO3S/c1-17(11-7-3-2-4-8-11)14-12-9-5-6-10-13(12)20-21(18,19)15(14)16/h2-4,7-8,14-15H,5-6,9-10H2,1H3. The van der Waals surface area contributed by atoms with E-state index in [1.54, 1.807) is 0 Å². The third-order valence-electron chi connectivity index (χ3n) is 4.14. The molecule has 0 fully saturated rings. The third kappa shape index (κ3) is 2.64. The first-order valence-electron chi connectivity index (χ1n) is 7.08. The Hall–Kier alpha value is -1.20. The van der Waals surface area contributed by atoms with Crippen LogP contribution < -0.4 is 4.90 Å². The molecule has 0 aromatic heterocycles. The molecule has 0 saturated carbocycles. The Kier molecular flexibility index (Phi) is 3.88. The van der Waals surface area contributed by atoms with E-state index in [-0.39, 0.29) is 6.04 Å². The fourth-order valence-corrected chi connectivity index (χ4v) is 4.70. The van der Waals surface area contributed by atoms with Gasteiger partial charge in [0, 0.05) is 19.2 Å². The lowest BCUT2D eigenvalue weighted by Gasteiger charge is -2.40. The first-order chi connectivity index (χ1) is 10.0. The highest BCUT2D eigenvalue weighted by molar-refractivity contribution is 7.88. The summed E-state index contributed by atoms with van der Waals surface area (Å²) in [7, 11) is -1.88. The second-order valence-electron chi connectivity index (χ2n) is 5.47. The summed E-state index contributed by atoms with van der Waals surface area (Å²) in [6, 6.07) is 9.33. The van der Waals surface area contributed by atoms with Gasteiger partial charge in [0.1, 0.15) is 5.76 Å². The van der Waals surface area contributed by atoms with Gasteiger partial charge in [-0.3, -0.25) is 0 Å². The van der Waals surface area contributed by atoms with Crippen LogP contribution >= 0.6 is 11.6 Å². The van der Waals surface area contributed by atoms with Crippen molar-refractivity contribution >= 4 is 27.4 Å². The maximum atomic E-state index is 12.2. The van der Waals surface area contributed by atoms with E-state index in [0.29, 0.717) is 12.2 Å². The molecule has 4 nitrogen and oxygen atoms in total. The molecule has 0 saturated heterocycles. The van der Waals surface area contributed by atoms with Crippen LogP contribution in [0.4, 0.5) is 5.69 Å². The van der Waals surface area contributed by atoms with Gasteiger partial charge in [0.15, 0.2) is 4.71 Å². The molecule has 0 amide bonds. The molecule has 0 spiro atoms. The molecule has 0 radical (unpaired) electrons. The van der Waals surface area contributed by atoms with Gasteiger partial charge in [-0.25, -0.2) is 0 Å². The molecule has 1 heterocycles. The van der Waals surface area contributed by atoms with E-state index in [4.69, 9.17) is 15.8 Å². The van der Waals surface area contributed by atoms with Crippen molar-refractivity contribution in [2.24, 2.45) is 0 Å². The van der Waals surface area contributed by atoms with Gasteiger partial charge in [-0.2, -0.15) is 8.42 Å². The van der Waals surface area contributed by atoms with Crippen LogP contribution in [0.2, 0.25) is 0 Å². The molecular weight excluding hydrogens is 310 g/mol. The molecule has 2 unspecified atom stereocenters. The zero-order valence-corrected chi connectivity index (χ0v) is 13.4. The first-order valence-corrected chi connectivity index (χ1v) is 8.98. The number of hydrogen-bond acceptors (Lipinski definition) is 4. The topological polar surface area (TPSA) is 46.6 Å². The summed E-state index contributed by atoms with van der Waals surface area (Å²) in [5.41, 5.74) is 1.98. The van der Waals surface area contributed by atoms with E-state index in [0.717, 1.165) is 30.5 Å². The summed E-state index contributed by atoms with van der Waals surface area (Å²) >= 11 is 6.25. The van der Waals surface area contributed by atoms with Gasteiger partial charge in [0.2, 0.25) is 0 Å². The van der Waals surface area contributed by atoms with Gasteiger partial charge in [-0.05, 0) is 37.0 Å². The van der Waals surface area contributed by atoms with Crippen LogP contribution in [0, 0.1) is 0 Å². The number of halogens is 1. The van der Waals surface area contributed by atoms with Gasteiger partial charge in [0.05, 0.1) is 6.04 Å². The number of allylic oxidation sites excluding steroid dienone is 1. The van der Waals surface area contributed by atoms with E-state index < -0.39 is 14.8 Å². The fourth-order valence-electron chi connectivity index (χ4n) is 3.04. The predicted octanol–water partition coefficient (Wildman–Crippen LogP) is 3.24. The normalized spacial score (nSPS) is 27.7. The summed E-state index contributed by atoms with van der Waals surface area (Å²) in [5, 5.41) is 0. The summed E-state index contributed by atoms with van der Waals surface area (Å²) < 4.78 is 28.5. The minimum atomic E-state index is -3.77. The number of para-hydroxylation sites is 1.